The topological polar surface area (TPSA) is 0 Å². The van der Waals surface area contributed by atoms with Crippen LogP contribution < -0.4 is 0 Å². The molecule has 0 aliphatic heterocycles. The smallest absolute Gasteiger partial charge is 0.0406 e. The Hall–Kier alpha value is -1.19. The Labute approximate surface area is 164 Å². The van der Waals surface area contributed by atoms with E-state index in [0.717, 1.165) is 35.5 Å². The fourth-order valence-electron chi connectivity index (χ4n) is 2.17. The lowest BCUT2D eigenvalue weighted by Gasteiger charge is -2.12. The van der Waals surface area contributed by atoms with Crippen molar-refractivity contribution in [2.24, 2.45) is 0 Å². The summed E-state index contributed by atoms with van der Waals surface area (Å²) in [5.41, 5.74) is 2.24. The molecule has 0 fully saturated rings. The average molecular weight is 436 g/mol. The van der Waals surface area contributed by atoms with Crippen LogP contribution in [0.15, 0.2) is 83.8 Å². The first-order valence-electron chi connectivity index (χ1n) is 7.28. The molecule has 4 heteroatoms. The second-order valence-corrected chi connectivity index (χ2v) is 7.82. The first kappa shape index (κ1) is 17.6. The summed E-state index contributed by atoms with van der Waals surface area (Å²) >= 11 is 17.5. The minimum atomic E-state index is 0.727. The molecule has 0 aromatic heterocycles. The molecule has 120 valence electrons. The first-order chi connectivity index (χ1) is 11.6. The van der Waals surface area contributed by atoms with E-state index in [1.54, 1.807) is 11.8 Å². The SMILES string of the molecule is Clc1ccc(S/C(=C(/Br)c2ccc(Cl)cc2)c2ccccc2)cc1. The highest BCUT2D eigenvalue weighted by Crippen LogP contribution is 2.42. The van der Waals surface area contributed by atoms with Crippen molar-refractivity contribution in [3.63, 3.8) is 0 Å². The van der Waals surface area contributed by atoms with Gasteiger partial charge in [-0.3, -0.25) is 0 Å². The van der Waals surface area contributed by atoms with Gasteiger partial charge in [0.2, 0.25) is 0 Å². The molecule has 0 heterocycles. The van der Waals surface area contributed by atoms with Crippen molar-refractivity contribution in [2.45, 2.75) is 4.90 Å². The second-order valence-electron chi connectivity index (χ2n) is 5.07. The van der Waals surface area contributed by atoms with E-state index in [2.05, 4.69) is 28.1 Å². The summed E-state index contributed by atoms with van der Waals surface area (Å²) in [6.07, 6.45) is 0. The van der Waals surface area contributed by atoms with E-state index in [0.29, 0.717) is 0 Å². The van der Waals surface area contributed by atoms with Gasteiger partial charge in [-0.25, -0.2) is 0 Å². The number of benzene rings is 3. The molecule has 0 aliphatic carbocycles. The Morgan fingerprint density at radius 3 is 1.79 bits per heavy atom. The predicted molar refractivity (Wildman–Crippen MR) is 111 cm³/mol. The van der Waals surface area contributed by atoms with Crippen molar-refractivity contribution in [3.05, 3.63) is 100 Å². The quantitative estimate of drug-likeness (QED) is 0.295. The van der Waals surface area contributed by atoms with E-state index in [1.165, 1.54) is 0 Å². The van der Waals surface area contributed by atoms with Crippen LogP contribution in [0, 0.1) is 0 Å². The fourth-order valence-corrected chi connectivity index (χ4v) is 4.13. The van der Waals surface area contributed by atoms with Crippen LogP contribution in [-0.4, -0.2) is 0 Å². The number of halogens is 3. The average Bonchev–Trinajstić information content (AvgIpc) is 2.62. The van der Waals surface area contributed by atoms with Crippen LogP contribution in [0.4, 0.5) is 0 Å². The fraction of sp³-hybridized carbons (Fsp3) is 0. The third-order valence-electron chi connectivity index (χ3n) is 3.37. The molecule has 3 aromatic rings. The van der Waals surface area contributed by atoms with Crippen LogP contribution in [0.1, 0.15) is 11.1 Å². The summed E-state index contributed by atoms with van der Waals surface area (Å²) in [5, 5.41) is 1.46. The van der Waals surface area contributed by atoms with E-state index >= 15 is 0 Å². The van der Waals surface area contributed by atoms with E-state index in [9.17, 15) is 0 Å². The lowest BCUT2D eigenvalue weighted by Crippen LogP contribution is -1.85. The highest BCUT2D eigenvalue weighted by Gasteiger charge is 2.11. The normalized spacial score (nSPS) is 12.0. The molecule has 0 atom stereocenters. The zero-order valence-electron chi connectivity index (χ0n) is 12.5. The summed E-state index contributed by atoms with van der Waals surface area (Å²) < 4.78 is 1.03. The minimum absolute atomic E-state index is 0.727. The van der Waals surface area contributed by atoms with E-state index in [-0.39, 0.29) is 0 Å². The molecular formula is C20H13BrCl2S. The van der Waals surface area contributed by atoms with Crippen molar-refractivity contribution in [2.75, 3.05) is 0 Å². The van der Waals surface area contributed by atoms with Gasteiger partial charge < -0.3 is 0 Å². The molecule has 0 N–H and O–H groups in total. The van der Waals surface area contributed by atoms with Gasteiger partial charge >= 0.3 is 0 Å². The van der Waals surface area contributed by atoms with Crippen molar-refractivity contribution < 1.29 is 0 Å². The van der Waals surface area contributed by atoms with Crippen LogP contribution in [0.5, 0.6) is 0 Å². The maximum absolute atomic E-state index is 6.01. The van der Waals surface area contributed by atoms with Crippen LogP contribution in [0.3, 0.4) is 0 Å². The lowest BCUT2D eigenvalue weighted by molar-refractivity contribution is 1.47. The van der Waals surface area contributed by atoms with Crippen LogP contribution >= 0.6 is 50.9 Å². The highest BCUT2D eigenvalue weighted by atomic mass is 79.9. The molecule has 0 aliphatic rings. The highest BCUT2D eigenvalue weighted by molar-refractivity contribution is 9.15. The largest absolute Gasteiger partial charge is 0.0883 e. The van der Waals surface area contributed by atoms with Crippen LogP contribution in [0.2, 0.25) is 10.0 Å². The van der Waals surface area contributed by atoms with Gasteiger partial charge in [-0.05, 0) is 63.5 Å². The van der Waals surface area contributed by atoms with Crippen molar-refractivity contribution in [1.29, 1.82) is 0 Å². The Bertz CT molecular complexity index is 841. The standard InChI is InChI=1S/C20H13BrCl2S/c21-19(14-6-8-16(22)9-7-14)20(15-4-2-1-3-5-15)24-18-12-10-17(23)11-13-18/h1-13H/b20-19+. The van der Waals surface area contributed by atoms with Gasteiger partial charge in [0.15, 0.2) is 0 Å². The van der Waals surface area contributed by atoms with Crippen LogP contribution in [-0.2, 0) is 0 Å². The van der Waals surface area contributed by atoms with Crippen LogP contribution in [0.25, 0.3) is 9.39 Å². The molecule has 0 unspecified atom stereocenters. The maximum Gasteiger partial charge on any atom is 0.0406 e. The van der Waals surface area contributed by atoms with Crippen molar-refractivity contribution in [3.8, 4) is 0 Å². The van der Waals surface area contributed by atoms with Gasteiger partial charge in [-0.1, -0.05) is 77.4 Å². The summed E-state index contributed by atoms with van der Waals surface area (Å²) in [6, 6.07) is 26.0. The summed E-state index contributed by atoms with van der Waals surface area (Å²) in [6.45, 7) is 0. The lowest BCUT2D eigenvalue weighted by atomic mass is 10.1. The summed E-state index contributed by atoms with van der Waals surface area (Å²) in [7, 11) is 0. The number of hydrogen-bond acceptors (Lipinski definition) is 1. The third kappa shape index (κ3) is 4.46. The molecule has 24 heavy (non-hydrogen) atoms. The Morgan fingerprint density at radius 1 is 0.667 bits per heavy atom. The predicted octanol–water partition coefficient (Wildman–Crippen LogP) is 8.01. The first-order valence-corrected chi connectivity index (χ1v) is 9.64. The Balaban J connectivity index is 2.06. The molecule has 0 nitrogen and oxygen atoms in total. The van der Waals surface area contributed by atoms with E-state index in [1.807, 2.05) is 66.7 Å². The molecule has 0 radical (unpaired) electrons. The number of rotatable bonds is 4. The summed E-state index contributed by atoms with van der Waals surface area (Å²) in [5.74, 6) is 0. The van der Waals surface area contributed by atoms with Gasteiger partial charge in [0, 0.05) is 24.3 Å². The third-order valence-corrected chi connectivity index (χ3v) is 6.14. The van der Waals surface area contributed by atoms with Gasteiger partial charge in [0.1, 0.15) is 0 Å². The van der Waals surface area contributed by atoms with Crippen molar-refractivity contribution in [1.82, 2.24) is 0 Å². The monoisotopic (exact) mass is 434 g/mol. The van der Waals surface area contributed by atoms with E-state index in [4.69, 9.17) is 23.2 Å². The maximum atomic E-state index is 6.01. The zero-order chi connectivity index (χ0) is 16.9. The molecular weight excluding hydrogens is 423 g/mol. The van der Waals surface area contributed by atoms with Gasteiger partial charge in [0.25, 0.3) is 0 Å². The molecule has 3 aromatic carbocycles. The zero-order valence-corrected chi connectivity index (χ0v) is 16.5. The van der Waals surface area contributed by atoms with Gasteiger partial charge in [-0.15, -0.1) is 0 Å². The Kier molecular flexibility index (Phi) is 6.07. The molecule has 3 rings (SSSR count). The van der Waals surface area contributed by atoms with Crippen molar-refractivity contribution >= 4 is 60.3 Å². The molecule has 0 bridgehead atoms. The molecule has 0 saturated carbocycles. The molecule has 0 saturated heterocycles. The van der Waals surface area contributed by atoms with Gasteiger partial charge in [0.05, 0.1) is 0 Å². The molecule has 0 amide bonds. The number of hydrogen-bond donors (Lipinski definition) is 0. The Morgan fingerprint density at radius 2 is 1.21 bits per heavy atom. The second kappa shape index (κ2) is 8.26. The summed E-state index contributed by atoms with van der Waals surface area (Å²) in [4.78, 5) is 2.27. The number of thioether (sulfide) groups is 1. The minimum Gasteiger partial charge on any atom is -0.0883 e. The molecule has 0 spiro atoms. The van der Waals surface area contributed by atoms with Gasteiger partial charge in [-0.2, -0.15) is 0 Å². The van der Waals surface area contributed by atoms with E-state index < -0.39 is 0 Å².